The number of para-hydroxylation sites is 1. The van der Waals surface area contributed by atoms with Crippen molar-refractivity contribution in [2.45, 2.75) is 43.5 Å². The van der Waals surface area contributed by atoms with Crippen molar-refractivity contribution < 1.29 is 57.2 Å². The first kappa shape index (κ1) is 55.5. The number of fused-ring (bicyclic) bond motifs is 4. The molecule has 0 aliphatic heterocycles. The molecule has 5 N–H and O–H groups in total. The smallest absolute Gasteiger partial charge is 0.220 e. The Hall–Kier alpha value is -7.80. The van der Waals surface area contributed by atoms with Crippen molar-refractivity contribution in [1.29, 1.82) is 0 Å². The molecule has 386 valence electrons. The number of nitrogens with two attached hydrogens (primary N) is 1. The summed E-state index contributed by atoms with van der Waals surface area (Å²) in [6, 6.07) is 29.1. The predicted octanol–water partition coefficient (Wildman–Crippen LogP) is 10.5. The van der Waals surface area contributed by atoms with Gasteiger partial charge in [0.2, 0.25) is 11.3 Å². The Morgan fingerprint density at radius 2 is 1.47 bits per heavy atom. The Balaban J connectivity index is 0.000000183. The fourth-order valence-electron chi connectivity index (χ4n) is 8.51. The maximum atomic E-state index is 12.6. The number of aromatic amines is 1. The number of phenolic OH excluding ortho intramolecular Hbond substituents is 1. The highest BCUT2D eigenvalue weighted by Crippen LogP contribution is 2.45. The van der Waals surface area contributed by atoms with Crippen molar-refractivity contribution in [3.05, 3.63) is 163 Å². The van der Waals surface area contributed by atoms with Gasteiger partial charge < -0.3 is 43.8 Å². The van der Waals surface area contributed by atoms with E-state index in [1.54, 1.807) is 36.4 Å². The van der Waals surface area contributed by atoms with Gasteiger partial charge in [-0.25, -0.2) is 0 Å². The summed E-state index contributed by atoms with van der Waals surface area (Å²) in [7, 11) is 8.90. The number of carbonyl (C=O) groups excluding carboxylic acids is 3. The van der Waals surface area contributed by atoms with Gasteiger partial charge in [0.15, 0.2) is 52.8 Å². The van der Waals surface area contributed by atoms with Crippen LogP contribution >= 0.6 is 23.6 Å². The number of aldehydes is 2. The van der Waals surface area contributed by atoms with Crippen LogP contribution in [0.25, 0.3) is 34.2 Å². The lowest BCUT2D eigenvalue weighted by atomic mass is 9.92. The predicted molar refractivity (Wildman–Crippen MR) is 286 cm³/mol. The highest BCUT2D eigenvalue weighted by molar-refractivity contribution is 7.94. The Morgan fingerprint density at radius 1 is 0.784 bits per heavy atom. The Kier molecular flexibility index (Phi) is 20.1. The van der Waals surface area contributed by atoms with E-state index in [9.17, 15) is 24.3 Å². The summed E-state index contributed by atoms with van der Waals surface area (Å²) in [4.78, 5) is 55.9. The minimum atomic E-state index is -0.392. The Labute approximate surface area is 437 Å². The second-order valence-electron chi connectivity index (χ2n) is 16.3. The van der Waals surface area contributed by atoms with Crippen molar-refractivity contribution in [3.8, 4) is 51.4 Å². The van der Waals surface area contributed by atoms with Crippen LogP contribution in [-0.4, -0.2) is 71.2 Å². The number of nitrogens with one attached hydrogen (secondary N) is 2. The van der Waals surface area contributed by atoms with Crippen LogP contribution in [0, 0.1) is 0 Å². The first-order chi connectivity index (χ1) is 35.8. The quantitative estimate of drug-likeness (QED) is 0.0219. The number of benzene rings is 5. The third kappa shape index (κ3) is 13.4. The van der Waals surface area contributed by atoms with Crippen LogP contribution in [0.1, 0.15) is 73.5 Å². The lowest BCUT2D eigenvalue weighted by molar-refractivity contribution is -0.195. The van der Waals surface area contributed by atoms with Crippen LogP contribution in [0.4, 0.5) is 0 Å². The van der Waals surface area contributed by atoms with Gasteiger partial charge in [-0.05, 0) is 125 Å². The molecule has 1 amide bonds. The number of phenols is 1. The highest BCUT2D eigenvalue weighted by atomic mass is 35.5. The number of H-pyrrole nitrogens is 1. The summed E-state index contributed by atoms with van der Waals surface area (Å²) >= 11 is 7.24. The summed E-state index contributed by atoms with van der Waals surface area (Å²) < 4.78 is 36.1. The number of carbonyl (C=O) groups is 3. The van der Waals surface area contributed by atoms with Gasteiger partial charge in [-0.2, -0.15) is 5.90 Å². The third-order valence-corrected chi connectivity index (χ3v) is 12.9. The number of aromatic nitrogens is 1. The summed E-state index contributed by atoms with van der Waals surface area (Å²) in [6.45, 7) is 1.43. The van der Waals surface area contributed by atoms with Crippen molar-refractivity contribution in [3.63, 3.8) is 0 Å². The fraction of sp³-hybridized carbons (Fsp3) is 0.214. The lowest BCUT2D eigenvalue weighted by Gasteiger charge is -2.18. The largest absolute Gasteiger partial charge is 0.504 e. The van der Waals surface area contributed by atoms with E-state index in [-0.39, 0.29) is 22.8 Å². The van der Waals surface area contributed by atoms with Gasteiger partial charge in [0.25, 0.3) is 0 Å². The van der Waals surface area contributed by atoms with E-state index in [1.165, 1.54) is 66.8 Å². The van der Waals surface area contributed by atoms with Gasteiger partial charge in [-0.1, -0.05) is 66.2 Å². The molecule has 0 bridgehead atoms. The van der Waals surface area contributed by atoms with Crippen molar-refractivity contribution >= 4 is 65.2 Å². The molecule has 6 aromatic carbocycles. The summed E-state index contributed by atoms with van der Waals surface area (Å²) in [6.07, 6.45) is 9.94. The van der Waals surface area contributed by atoms with E-state index in [4.69, 9.17) is 45.9 Å². The van der Waals surface area contributed by atoms with Gasteiger partial charge >= 0.3 is 0 Å². The van der Waals surface area contributed by atoms with Crippen LogP contribution in [0.15, 0.2) is 113 Å². The normalized spacial score (nSPS) is 12.4. The standard InChI is InChI=1S/C22H23NO6.C18H18O5.C16H15ClN2O2S/c1-12(25)23-17-7-5-13-9-20(28-3)22(29-4)16(11-24)21(13)14-6-8-19(27-2)18(26)10-15(14)17;1-21-16-7-6-12(9-15(16)20)4-5-13-8-14(11-19)18(23-3)17(10-13)22-2;17-15-10-19-16-12(2-1-3-14(15)16)7-4-11-5-8-13(9-6-11)22-21-20-18/h6,8-11,17H,5,7H2,1-4H3,(H,23,25);4-11,20H,1-3H3;1-3,5-6,8-10,19H,4,7,18H2/b;5-4-;/t17-;;/m0../s1. The first-order valence-electron chi connectivity index (χ1n) is 22.9. The number of hydrogen-bond donors (Lipinski definition) is 4. The van der Waals surface area contributed by atoms with Gasteiger partial charge in [-0.15, -0.1) is 9.32 Å². The first-order valence-corrected chi connectivity index (χ1v) is 24.0. The Morgan fingerprint density at radius 3 is 2.11 bits per heavy atom. The molecule has 1 aliphatic carbocycles. The molecule has 0 fully saturated rings. The molecule has 0 saturated carbocycles. The minimum absolute atomic E-state index is 0.0653. The molecular formula is C56H56ClN3O13S. The molecule has 1 heterocycles. The molecule has 0 saturated heterocycles. The van der Waals surface area contributed by atoms with E-state index in [0.717, 1.165) is 75.0 Å². The van der Waals surface area contributed by atoms with Gasteiger partial charge in [0, 0.05) is 23.4 Å². The molecule has 1 aromatic heterocycles. The van der Waals surface area contributed by atoms with Crippen LogP contribution in [0.2, 0.25) is 5.02 Å². The molecule has 18 heteroatoms. The third-order valence-electron chi connectivity index (χ3n) is 11.9. The second-order valence-corrected chi connectivity index (χ2v) is 17.5. The summed E-state index contributed by atoms with van der Waals surface area (Å²) in [5, 5.41) is 14.5. The number of amides is 1. The molecule has 0 spiro atoms. The number of methoxy groups -OCH3 is 6. The van der Waals surface area contributed by atoms with E-state index in [2.05, 4.69) is 37.8 Å². The molecule has 0 unspecified atom stereocenters. The Bertz CT molecular complexity index is 3200. The average Bonchev–Trinajstić information content (AvgIpc) is 3.64. The van der Waals surface area contributed by atoms with Gasteiger partial charge in [-0.3, -0.25) is 19.2 Å². The number of ether oxygens (including phenoxy) is 6. The highest BCUT2D eigenvalue weighted by Gasteiger charge is 2.29. The SMILES string of the molecule is COc1cc2c(c(C=O)c1OC)-c1ccc(OC)c(=O)cc1[C@@H](NC(C)=O)CC2.COc1ccc(/C=C\c2cc(C=O)c(OC)c(OC)c2)cc1O.NOOSc1ccc(CCc2cccc3c(Cl)c[nH]c23)cc1. The maximum Gasteiger partial charge on any atom is 0.220 e. The van der Waals surface area contributed by atoms with E-state index < -0.39 is 6.04 Å². The average molecular weight is 1050 g/mol. The zero-order valence-electron chi connectivity index (χ0n) is 41.7. The van der Waals surface area contributed by atoms with Crippen LogP contribution in [0.3, 0.4) is 0 Å². The molecule has 7 aromatic rings. The molecule has 8 rings (SSSR count). The van der Waals surface area contributed by atoms with E-state index >= 15 is 0 Å². The zero-order valence-corrected chi connectivity index (χ0v) is 43.3. The molecular weight excluding hydrogens is 990 g/mol. The van der Waals surface area contributed by atoms with Crippen molar-refractivity contribution in [2.24, 2.45) is 5.90 Å². The lowest BCUT2D eigenvalue weighted by Crippen LogP contribution is -2.26. The van der Waals surface area contributed by atoms with Crippen LogP contribution in [-0.2, 0) is 33.4 Å². The number of rotatable bonds is 17. The molecule has 74 heavy (non-hydrogen) atoms. The number of aromatic hydroxyl groups is 1. The van der Waals surface area contributed by atoms with Gasteiger partial charge in [0.1, 0.15) is 0 Å². The van der Waals surface area contributed by atoms with Gasteiger partial charge in [0.05, 0.1) is 82.4 Å². The number of aryl methyl sites for hydroxylation is 3. The number of hydrogen-bond acceptors (Lipinski definition) is 15. The topological polar surface area (TPSA) is 216 Å². The fourth-order valence-corrected chi connectivity index (χ4v) is 9.09. The van der Waals surface area contributed by atoms with Crippen LogP contribution < -0.4 is 45.1 Å². The zero-order chi connectivity index (χ0) is 53.3. The van der Waals surface area contributed by atoms with E-state index in [1.807, 2.05) is 54.7 Å². The van der Waals surface area contributed by atoms with Crippen molar-refractivity contribution in [2.75, 3.05) is 42.7 Å². The maximum absolute atomic E-state index is 12.6. The number of halogens is 1. The minimum Gasteiger partial charge on any atom is -0.504 e. The second kappa shape index (κ2) is 26.8. The summed E-state index contributed by atoms with van der Waals surface area (Å²) in [5.74, 6) is 6.92. The monoisotopic (exact) mass is 1050 g/mol. The van der Waals surface area contributed by atoms with Crippen molar-refractivity contribution in [1.82, 2.24) is 10.3 Å². The molecule has 0 radical (unpaired) electrons. The summed E-state index contributed by atoms with van der Waals surface area (Å²) in [5.41, 5.74) is 8.49. The van der Waals surface area contributed by atoms with E-state index in [0.29, 0.717) is 69.4 Å². The molecule has 1 atom stereocenters. The van der Waals surface area contributed by atoms with Crippen LogP contribution in [0.5, 0.6) is 40.2 Å². The molecule has 16 nitrogen and oxygen atoms in total. The molecule has 1 aliphatic rings.